The number of carboxylic acid groups (broad SMARTS) is 1. The SMILES string of the molecule is O=C(O)C(CCc1ccccc1)C(F)(F)F. The van der Waals surface area contributed by atoms with E-state index in [0.29, 0.717) is 5.56 Å². The molecule has 88 valence electrons. The summed E-state index contributed by atoms with van der Waals surface area (Å²) in [5.74, 6) is -4.10. The summed E-state index contributed by atoms with van der Waals surface area (Å²) in [6, 6.07) is 8.52. The summed E-state index contributed by atoms with van der Waals surface area (Å²) in [7, 11) is 0. The smallest absolute Gasteiger partial charge is 0.402 e. The zero-order valence-electron chi connectivity index (χ0n) is 8.37. The Kier molecular flexibility index (Phi) is 3.93. The summed E-state index contributed by atoms with van der Waals surface area (Å²) >= 11 is 0. The molecule has 16 heavy (non-hydrogen) atoms. The molecule has 0 aliphatic heterocycles. The van der Waals surface area contributed by atoms with Gasteiger partial charge in [-0.25, -0.2) is 0 Å². The molecule has 2 nitrogen and oxygen atoms in total. The number of carboxylic acids is 1. The Hall–Kier alpha value is -1.52. The molecule has 1 atom stereocenters. The van der Waals surface area contributed by atoms with Crippen molar-refractivity contribution in [3.63, 3.8) is 0 Å². The number of rotatable bonds is 4. The van der Waals surface area contributed by atoms with Gasteiger partial charge < -0.3 is 5.11 Å². The maximum Gasteiger partial charge on any atom is 0.402 e. The first kappa shape index (κ1) is 12.5. The van der Waals surface area contributed by atoms with Crippen LogP contribution in [-0.4, -0.2) is 17.3 Å². The summed E-state index contributed by atoms with van der Waals surface area (Å²) in [6.45, 7) is 0. The number of benzene rings is 1. The summed E-state index contributed by atoms with van der Waals surface area (Å²) < 4.78 is 36.9. The van der Waals surface area contributed by atoms with Crippen molar-refractivity contribution >= 4 is 5.97 Å². The minimum absolute atomic E-state index is 0.108. The first-order chi connectivity index (χ1) is 7.41. The third kappa shape index (κ3) is 3.56. The predicted molar refractivity (Wildman–Crippen MR) is 51.9 cm³/mol. The quantitative estimate of drug-likeness (QED) is 0.866. The van der Waals surface area contributed by atoms with Gasteiger partial charge in [0.1, 0.15) is 0 Å². The molecule has 5 heteroatoms. The van der Waals surface area contributed by atoms with E-state index in [4.69, 9.17) is 5.11 Å². The van der Waals surface area contributed by atoms with Gasteiger partial charge in [0.15, 0.2) is 5.92 Å². The molecule has 0 fully saturated rings. The highest BCUT2D eigenvalue weighted by atomic mass is 19.4. The van der Waals surface area contributed by atoms with Crippen molar-refractivity contribution in [1.82, 2.24) is 0 Å². The van der Waals surface area contributed by atoms with Gasteiger partial charge in [0.2, 0.25) is 0 Å². The lowest BCUT2D eigenvalue weighted by Crippen LogP contribution is -2.30. The van der Waals surface area contributed by atoms with Crippen molar-refractivity contribution in [1.29, 1.82) is 0 Å². The number of halogens is 3. The van der Waals surface area contributed by atoms with E-state index in [1.165, 1.54) is 0 Å². The highest BCUT2D eigenvalue weighted by molar-refractivity contribution is 5.70. The second-order valence-electron chi connectivity index (χ2n) is 3.46. The normalized spacial score (nSPS) is 13.4. The van der Waals surface area contributed by atoms with Crippen molar-refractivity contribution in [2.24, 2.45) is 5.92 Å². The van der Waals surface area contributed by atoms with Gasteiger partial charge in [-0.2, -0.15) is 13.2 Å². The maximum atomic E-state index is 12.3. The molecule has 0 aliphatic carbocycles. The van der Waals surface area contributed by atoms with E-state index in [1.54, 1.807) is 30.3 Å². The van der Waals surface area contributed by atoms with Gasteiger partial charge in [0, 0.05) is 0 Å². The van der Waals surface area contributed by atoms with E-state index in [9.17, 15) is 18.0 Å². The first-order valence-corrected chi connectivity index (χ1v) is 4.74. The Labute approximate surface area is 90.7 Å². The van der Waals surface area contributed by atoms with E-state index in [-0.39, 0.29) is 6.42 Å². The molecular weight excluding hydrogens is 221 g/mol. The third-order valence-electron chi connectivity index (χ3n) is 2.26. The van der Waals surface area contributed by atoms with Gasteiger partial charge in [0.25, 0.3) is 0 Å². The fraction of sp³-hybridized carbons (Fsp3) is 0.364. The van der Waals surface area contributed by atoms with E-state index >= 15 is 0 Å². The van der Waals surface area contributed by atoms with Crippen LogP contribution in [0.3, 0.4) is 0 Å². The molecule has 0 heterocycles. The zero-order chi connectivity index (χ0) is 12.2. The van der Waals surface area contributed by atoms with Crippen molar-refractivity contribution < 1.29 is 23.1 Å². The van der Waals surface area contributed by atoms with Crippen LogP contribution in [0.2, 0.25) is 0 Å². The van der Waals surface area contributed by atoms with Gasteiger partial charge >= 0.3 is 12.1 Å². The molecule has 0 radical (unpaired) electrons. The molecular formula is C11H11F3O2. The van der Waals surface area contributed by atoms with Crippen LogP contribution >= 0.6 is 0 Å². The minimum Gasteiger partial charge on any atom is -0.481 e. The summed E-state index contributed by atoms with van der Waals surface area (Å²) in [6.07, 6.45) is -5.00. The van der Waals surface area contributed by atoms with Gasteiger partial charge in [-0.05, 0) is 18.4 Å². The van der Waals surface area contributed by atoms with Gasteiger partial charge in [0.05, 0.1) is 0 Å². The first-order valence-electron chi connectivity index (χ1n) is 4.74. The molecule has 1 unspecified atom stereocenters. The monoisotopic (exact) mass is 232 g/mol. The van der Waals surface area contributed by atoms with Crippen LogP contribution in [0, 0.1) is 5.92 Å². The molecule has 1 N–H and O–H groups in total. The Morgan fingerprint density at radius 1 is 1.25 bits per heavy atom. The van der Waals surface area contributed by atoms with Crippen LogP contribution in [0.1, 0.15) is 12.0 Å². The van der Waals surface area contributed by atoms with Crippen LogP contribution in [0.25, 0.3) is 0 Å². The Morgan fingerprint density at radius 2 is 1.81 bits per heavy atom. The molecule has 1 aromatic rings. The summed E-state index contributed by atoms with van der Waals surface area (Å²) in [4.78, 5) is 10.4. The minimum atomic E-state index is -4.68. The van der Waals surface area contributed by atoms with E-state index in [2.05, 4.69) is 0 Å². The molecule has 0 aliphatic rings. The second kappa shape index (κ2) is 5.01. The molecule has 1 aromatic carbocycles. The topological polar surface area (TPSA) is 37.3 Å². The van der Waals surface area contributed by atoms with Crippen LogP contribution in [0.5, 0.6) is 0 Å². The van der Waals surface area contributed by atoms with Crippen molar-refractivity contribution in [3.05, 3.63) is 35.9 Å². The molecule has 0 saturated heterocycles. The van der Waals surface area contributed by atoms with E-state index < -0.39 is 24.5 Å². The Morgan fingerprint density at radius 3 is 2.25 bits per heavy atom. The average molecular weight is 232 g/mol. The zero-order valence-corrected chi connectivity index (χ0v) is 8.37. The standard InChI is InChI=1S/C11H11F3O2/c12-11(13,14)9(10(15)16)7-6-8-4-2-1-3-5-8/h1-5,9H,6-7H2,(H,15,16). The van der Waals surface area contributed by atoms with Gasteiger partial charge in [-0.15, -0.1) is 0 Å². The maximum absolute atomic E-state index is 12.3. The highest BCUT2D eigenvalue weighted by Gasteiger charge is 2.44. The highest BCUT2D eigenvalue weighted by Crippen LogP contribution is 2.30. The molecule has 0 amide bonds. The van der Waals surface area contributed by atoms with Crippen molar-refractivity contribution in [2.45, 2.75) is 19.0 Å². The Balaban J connectivity index is 2.62. The summed E-state index contributed by atoms with van der Waals surface area (Å²) in [5, 5.41) is 8.47. The summed E-state index contributed by atoms with van der Waals surface area (Å²) in [5.41, 5.74) is 0.706. The molecule has 0 bridgehead atoms. The number of hydrogen-bond acceptors (Lipinski definition) is 1. The van der Waals surface area contributed by atoms with E-state index in [0.717, 1.165) is 0 Å². The lowest BCUT2D eigenvalue weighted by Gasteiger charge is -2.15. The number of aliphatic carboxylic acids is 1. The molecule has 0 aromatic heterocycles. The van der Waals surface area contributed by atoms with Crippen LogP contribution in [0.4, 0.5) is 13.2 Å². The Bertz CT molecular complexity index is 346. The second-order valence-corrected chi connectivity index (χ2v) is 3.46. The third-order valence-corrected chi connectivity index (χ3v) is 2.26. The fourth-order valence-electron chi connectivity index (χ4n) is 1.38. The lowest BCUT2D eigenvalue weighted by molar-refractivity contribution is -0.194. The van der Waals surface area contributed by atoms with Crippen LogP contribution in [-0.2, 0) is 11.2 Å². The lowest BCUT2D eigenvalue weighted by atomic mass is 9.99. The number of carbonyl (C=O) groups is 1. The van der Waals surface area contributed by atoms with Gasteiger partial charge in [-0.1, -0.05) is 30.3 Å². The molecule has 0 spiro atoms. The molecule has 0 saturated carbocycles. The van der Waals surface area contributed by atoms with Crippen LogP contribution in [0.15, 0.2) is 30.3 Å². The predicted octanol–water partition coefficient (Wildman–Crippen LogP) is 2.88. The number of hydrogen-bond donors (Lipinski definition) is 1. The van der Waals surface area contributed by atoms with Crippen molar-refractivity contribution in [2.75, 3.05) is 0 Å². The van der Waals surface area contributed by atoms with Crippen molar-refractivity contribution in [3.8, 4) is 0 Å². The molecule has 1 rings (SSSR count). The fourth-order valence-corrected chi connectivity index (χ4v) is 1.38. The average Bonchev–Trinajstić information content (AvgIpc) is 2.17. The van der Waals surface area contributed by atoms with Crippen LogP contribution < -0.4 is 0 Å². The largest absolute Gasteiger partial charge is 0.481 e. The number of aryl methyl sites for hydroxylation is 1. The van der Waals surface area contributed by atoms with Gasteiger partial charge in [-0.3, -0.25) is 4.79 Å². The van der Waals surface area contributed by atoms with E-state index in [1.807, 2.05) is 0 Å². The number of alkyl halides is 3.